The maximum absolute atomic E-state index is 2.36. The summed E-state index contributed by atoms with van der Waals surface area (Å²) in [7, 11) is 2.13. The zero-order valence-electron chi connectivity index (χ0n) is 13.2. The minimum atomic E-state index is 0.799. The molecular weight excluding hydrogens is 242 g/mol. The normalized spacial score (nSPS) is 11.1. The number of hydrogen-bond acceptors (Lipinski definition) is 0. The molecule has 20 heavy (non-hydrogen) atoms. The average molecular weight is 268 g/mol. The monoisotopic (exact) mass is 268 g/mol. The maximum Gasteiger partial charge on any atom is 0.212 e. The lowest BCUT2D eigenvalue weighted by molar-refractivity contribution is -0.660. The number of rotatable bonds is 5. The van der Waals surface area contributed by atoms with Crippen LogP contribution in [0.4, 0.5) is 0 Å². The standard InChI is InChI=1S/C19H26N/c1-5-16(6-2)13-17-11-12-20(4)19(14-17)18-10-8-7-9-15(18)3/h7-12,14,16H,5-6,13H2,1-4H3/q+1. The summed E-state index contributed by atoms with van der Waals surface area (Å²) < 4.78 is 2.22. The molecule has 0 fully saturated rings. The molecule has 106 valence electrons. The Hall–Kier alpha value is -1.63. The van der Waals surface area contributed by atoms with Gasteiger partial charge in [0.1, 0.15) is 7.05 Å². The summed E-state index contributed by atoms with van der Waals surface area (Å²) in [6.07, 6.45) is 5.90. The fourth-order valence-electron chi connectivity index (χ4n) is 2.78. The van der Waals surface area contributed by atoms with Gasteiger partial charge in [0.2, 0.25) is 5.69 Å². The number of hydrogen-bond donors (Lipinski definition) is 0. The topological polar surface area (TPSA) is 3.88 Å². The third-order valence-electron chi connectivity index (χ3n) is 4.31. The van der Waals surface area contributed by atoms with Crippen molar-refractivity contribution >= 4 is 0 Å². The van der Waals surface area contributed by atoms with Crippen LogP contribution in [-0.2, 0) is 13.5 Å². The molecule has 0 saturated heterocycles. The Morgan fingerprint density at radius 3 is 2.40 bits per heavy atom. The molecule has 0 spiro atoms. The van der Waals surface area contributed by atoms with E-state index in [-0.39, 0.29) is 0 Å². The zero-order chi connectivity index (χ0) is 14.5. The highest BCUT2D eigenvalue weighted by molar-refractivity contribution is 5.61. The van der Waals surface area contributed by atoms with Gasteiger partial charge in [-0.2, -0.15) is 0 Å². The van der Waals surface area contributed by atoms with Crippen molar-refractivity contribution in [1.82, 2.24) is 0 Å². The van der Waals surface area contributed by atoms with Gasteiger partial charge in [0.05, 0.1) is 0 Å². The van der Waals surface area contributed by atoms with Gasteiger partial charge in [0.25, 0.3) is 0 Å². The van der Waals surface area contributed by atoms with Gasteiger partial charge in [0, 0.05) is 17.7 Å². The molecule has 0 unspecified atom stereocenters. The lowest BCUT2D eigenvalue weighted by atomic mass is 9.94. The van der Waals surface area contributed by atoms with Crippen LogP contribution < -0.4 is 4.57 Å². The predicted octanol–water partition coefficient (Wildman–Crippen LogP) is 4.47. The van der Waals surface area contributed by atoms with Gasteiger partial charge < -0.3 is 0 Å². The van der Waals surface area contributed by atoms with Crippen molar-refractivity contribution in [3.05, 3.63) is 53.7 Å². The summed E-state index contributed by atoms with van der Waals surface area (Å²) in [4.78, 5) is 0. The quantitative estimate of drug-likeness (QED) is 0.705. The molecule has 0 saturated carbocycles. The summed E-state index contributed by atoms with van der Waals surface area (Å²) in [6, 6.07) is 13.2. The molecule has 1 heterocycles. The first-order valence-electron chi connectivity index (χ1n) is 7.70. The van der Waals surface area contributed by atoms with Gasteiger partial charge in [-0.15, -0.1) is 0 Å². The van der Waals surface area contributed by atoms with Crippen LogP contribution in [-0.4, -0.2) is 0 Å². The molecule has 0 N–H and O–H groups in total. The molecule has 1 heteroatoms. The first kappa shape index (κ1) is 14.8. The molecular formula is C19H26N+. The average Bonchev–Trinajstić information content (AvgIpc) is 2.47. The molecule has 1 nitrogen and oxygen atoms in total. The first-order valence-corrected chi connectivity index (χ1v) is 7.70. The molecule has 0 atom stereocenters. The summed E-state index contributed by atoms with van der Waals surface area (Å²) >= 11 is 0. The predicted molar refractivity (Wildman–Crippen MR) is 85.6 cm³/mol. The van der Waals surface area contributed by atoms with E-state index >= 15 is 0 Å². The van der Waals surface area contributed by atoms with Crippen LogP contribution in [0.5, 0.6) is 0 Å². The lowest BCUT2D eigenvalue weighted by Gasteiger charge is -2.12. The van der Waals surface area contributed by atoms with E-state index in [2.05, 4.69) is 75.0 Å². The first-order chi connectivity index (χ1) is 9.65. The van der Waals surface area contributed by atoms with E-state index in [1.807, 2.05) is 0 Å². The van der Waals surface area contributed by atoms with Crippen molar-refractivity contribution in [2.75, 3.05) is 0 Å². The van der Waals surface area contributed by atoms with Crippen molar-refractivity contribution in [3.8, 4) is 11.3 Å². The fourth-order valence-corrected chi connectivity index (χ4v) is 2.78. The number of benzene rings is 1. The highest BCUT2D eigenvalue weighted by atomic mass is 14.9. The molecule has 0 radical (unpaired) electrons. The Labute approximate surface area is 123 Å². The fraction of sp³-hybridized carbons (Fsp3) is 0.421. The van der Waals surface area contributed by atoms with E-state index in [4.69, 9.17) is 0 Å². The summed E-state index contributed by atoms with van der Waals surface area (Å²) in [5.41, 5.74) is 5.44. The van der Waals surface area contributed by atoms with Gasteiger partial charge in [-0.05, 0) is 36.5 Å². The Morgan fingerprint density at radius 2 is 1.75 bits per heavy atom. The molecule has 1 aromatic heterocycles. The SMILES string of the molecule is CCC(CC)Cc1cc[n+](C)c(-c2ccccc2C)c1. The zero-order valence-corrected chi connectivity index (χ0v) is 13.2. The number of aromatic nitrogens is 1. The molecule has 0 aliphatic rings. The van der Waals surface area contributed by atoms with Gasteiger partial charge >= 0.3 is 0 Å². The van der Waals surface area contributed by atoms with Gasteiger partial charge in [-0.3, -0.25) is 0 Å². The van der Waals surface area contributed by atoms with Crippen LogP contribution >= 0.6 is 0 Å². The molecule has 1 aromatic carbocycles. The van der Waals surface area contributed by atoms with Gasteiger partial charge in [0.15, 0.2) is 6.20 Å². The van der Waals surface area contributed by atoms with Crippen LogP contribution in [0.15, 0.2) is 42.6 Å². The van der Waals surface area contributed by atoms with Crippen molar-refractivity contribution < 1.29 is 4.57 Å². The molecule has 0 aliphatic heterocycles. The molecule has 2 rings (SSSR count). The van der Waals surface area contributed by atoms with Gasteiger partial charge in [-0.1, -0.05) is 44.9 Å². The second kappa shape index (κ2) is 6.69. The minimum Gasteiger partial charge on any atom is -0.201 e. The Bertz CT molecular complexity index is 568. The van der Waals surface area contributed by atoms with Crippen molar-refractivity contribution in [3.63, 3.8) is 0 Å². The highest BCUT2D eigenvalue weighted by Gasteiger charge is 2.14. The van der Waals surface area contributed by atoms with Crippen LogP contribution in [0.3, 0.4) is 0 Å². The van der Waals surface area contributed by atoms with Crippen molar-refractivity contribution in [2.24, 2.45) is 13.0 Å². The molecule has 0 bridgehead atoms. The van der Waals surface area contributed by atoms with Gasteiger partial charge in [-0.25, -0.2) is 4.57 Å². The van der Waals surface area contributed by atoms with Crippen LogP contribution in [0.1, 0.15) is 37.8 Å². The molecule has 0 amide bonds. The molecule has 2 aromatic rings. The third kappa shape index (κ3) is 3.27. The third-order valence-corrected chi connectivity index (χ3v) is 4.31. The van der Waals surface area contributed by atoms with E-state index in [9.17, 15) is 0 Å². The van der Waals surface area contributed by atoms with Crippen LogP contribution in [0, 0.1) is 12.8 Å². The van der Waals surface area contributed by atoms with E-state index in [0.29, 0.717) is 0 Å². The number of pyridine rings is 1. The van der Waals surface area contributed by atoms with E-state index in [1.54, 1.807) is 0 Å². The Morgan fingerprint density at radius 1 is 1.05 bits per heavy atom. The maximum atomic E-state index is 2.36. The van der Waals surface area contributed by atoms with E-state index in [0.717, 1.165) is 5.92 Å². The molecule has 0 aliphatic carbocycles. The summed E-state index contributed by atoms with van der Waals surface area (Å²) in [5, 5.41) is 0. The second-order valence-electron chi connectivity index (χ2n) is 5.73. The lowest BCUT2D eigenvalue weighted by Crippen LogP contribution is -2.30. The summed E-state index contributed by atoms with van der Waals surface area (Å²) in [6.45, 7) is 6.77. The van der Waals surface area contributed by atoms with Crippen LogP contribution in [0.2, 0.25) is 0 Å². The van der Waals surface area contributed by atoms with E-state index < -0.39 is 0 Å². The minimum absolute atomic E-state index is 0.799. The van der Waals surface area contributed by atoms with E-state index in [1.165, 1.54) is 41.6 Å². The highest BCUT2D eigenvalue weighted by Crippen LogP contribution is 2.22. The largest absolute Gasteiger partial charge is 0.212 e. The summed E-state index contributed by atoms with van der Waals surface area (Å²) in [5.74, 6) is 0.799. The number of nitrogens with zero attached hydrogens (tertiary/aromatic N) is 1. The Kier molecular flexibility index (Phi) is 4.94. The van der Waals surface area contributed by atoms with Crippen LogP contribution in [0.25, 0.3) is 11.3 Å². The number of aryl methyl sites for hydroxylation is 2. The smallest absolute Gasteiger partial charge is 0.201 e. The Balaban J connectivity index is 2.37. The van der Waals surface area contributed by atoms with Crippen molar-refractivity contribution in [2.45, 2.75) is 40.0 Å². The van der Waals surface area contributed by atoms with Crippen molar-refractivity contribution in [1.29, 1.82) is 0 Å². The second-order valence-corrected chi connectivity index (χ2v) is 5.73.